The van der Waals surface area contributed by atoms with Crippen LogP contribution in [-0.4, -0.2) is 22.7 Å². The average molecular weight is 345 g/mol. The summed E-state index contributed by atoms with van der Waals surface area (Å²) in [4.78, 5) is 0. The Morgan fingerprint density at radius 3 is 2.74 bits per heavy atom. The maximum absolute atomic E-state index is 12.2. The molecular formula is C14H12ClF3N4O. The van der Waals surface area contributed by atoms with Crippen molar-refractivity contribution in [1.29, 1.82) is 5.26 Å². The monoisotopic (exact) mass is 344 g/mol. The van der Waals surface area contributed by atoms with E-state index in [1.165, 1.54) is 16.9 Å². The molecule has 1 aromatic heterocycles. The van der Waals surface area contributed by atoms with Crippen molar-refractivity contribution in [3.8, 4) is 17.5 Å². The highest BCUT2D eigenvalue weighted by atomic mass is 35.5. The summed E-state index contributed by atoms with van der Waals surface area (Å²) >= 11 is 6.03. The predicted molar refractivity (Wildman–Crippen MR) is 78.8 cm³/mol. The summed E-state index contributed by atoms with van der Waals surface area (Å²) in [6, 6.07) is 5.51. The lowest BCUT2D eigenvalue weighted by Crippen LogP contribution is -2.17. The molecule has 1 heterocycles. The molecule has 0 radical (unpaired) electrons. The Hall–Kier alpha value is -2.40. The van der Waals surface area contributed by atoms with Crippen molar-refractivity contribution in [3.05, 3.63) is 35.0 Å². The third-order valence-corrected chi connectivity index (χ3v) is 3.12. The van der Waals surface area contributed by atoms with Crippen LogP contribution in [-0.2, 0) is 0 Å². The van der Waals surface area contributed by atoms with Crippen LogP contribution in [0.5, 0.6) is 5.75 Å². The Balaban J connectivity index is 2.39. The summed E-state index contributed by atoms with van der Waals surface area (Å²) in [7, 11) is 0. The van der Waals surface area contributed by atoms with Crippen molar-refractivity contribution < 1.29 is 17.9 Å². The molecule has 0 bridgehead atoms. The molecule has 0 saturated carbocycles. The number of hydrogen-bond acceptors (Lipinski definition) is 4. The molecule has 2 rings (SSSR count). The standard InChI is InChI=1S/C14H12ClF3N4O/c1-2-5-20-13-9(7-19)8-21-22(13)12-4-3-10(6-11(12)15)23-14(16,17)18/h3-4,6,8,20H,2,5H2,1H3. The van der Waals surface area contributed by atoms with E-state index in [1.807, 2.05) is 13.0 Å². The molecule has 1 N–H and O–H groups in total. The van der Waals surface area contributed by atoms with Crippen LogP contribution < -0.4 is 10.1 Å². The van der Waals surface area contributed by atoms with Gasteiger partial charge in [0.1, 0.15) is 23.2 Å². The predicted octanol–water partition coefficient (Wildman–Crippen LogP) is 4.12. The van der Waals surface area contributed by atoms with E-state index in [9.17, 15) is 13.2 Å². The zero-order chi connectivity index (χ0) is 17.0. The van der Waals surface area contributed by atoms with Gasteiger partial charge in [0.15, 0.2) is 0 Å². The molecule has 0 amide bonds. The number of nitrogens with one attached hydrogen (secondary N) is 1. The van der Waals surface area contributed by atoms with E-state index in [0.29, 0.717) is 23.6 Å². The minimum absolute atomic E-state index is 0.0129. The molecule has 1 aromatic carbocycles. The summed E-state index contributed by atoms with van der Waals surface area (Å²) in [6.45, 7) is 2.56. The number of aromatic nitrogens is 2. The fraction of sp³-hybridized carbons (Fsp3) is 0.286. The van der Waals surface area contributed by atoms with Crippen LogP contribution in [0.3, 0.4) is 0 Å². The highest BCUT2D eigenvalue weighted by Gasteiger charge is 2.31. The fourth-order valence-electron chi connectivity index (χ4n) is 1.88. The van der Waals surface area contributed by atoms with Gasteiger partial charge in [-0.1, -0.05) is 18.5 Å². The number of ether oxygens (including phenoxy) is 1. The summed E-state index contributed by atoms with van der Waals surface area (Å²) in [5, 5.41) is 16.2. The molecule has 0 aliphatic heterocycles. The molecule has 0 fully saturated rings. The molecule has 0 atom stereocenters. The van der Waals surface area contributed by atoms with Gasteiger partial charge in [0, 0.05) is 12.6 Å². The summed E-state index contributed by atoms with van der Waals surface area (Å²) in [5.41, 5.74) is 0.645. The van der Waals surface area contributed by atoms with Crippen molar-refractivity contribution in [2.24, 2.45) is 0 Å². The highest BCUT2D eigenvalue weighted by Crippen LogP contribution is 2.31. The Kier molecular flexibility index (Phi) is 5.01. The van der Waals surface area contributed by atoms with E-state index < -0.39 is 12.1 Å². The van der Waals surface area contributed by atoms with Crippen LogP contribution in [0.25, 0.3) is 5.69 Å². The largest absolute Gasteiger partial charge is 0.573 e. The van der Waals surface area contributed by atoms with Crippen molar-refractivity contribution in [1.82, 2.24) is 9.78 Å². The number of anilines is 1. The van der Waals surface area contributed by atoms with Crippen LogP contribution >= 0.6 is 11.6 Å². The normalized spacial score (nSPS) is 11.1. The first-order valence-electron chi connectivity index (χ1n) is 6.63. The van der Waals surface area contributed by atoms with Crippen molar-refractivity contribution >= 4 is 17.4 Å². The van der Waals surface area contributed by atoms with Crippen LogP contribution in [0.4, 0.5) is 19.0 Å². The minimum Gasteiger partial charge on any atom is -0.406 e. The second-order valence-electron chi connectivity index (χ2n) is 4.52. The zero-order valence-electron chi connectivity index (χ0n) is 12.0. The van der Waals surface area contributed by atoms with E-state index in [0.717, 1.165) is 18.6 Å². The summed E-state index contributed by atoms with van der Waals surface area (Å²) in [5.74, 6) is 0.00252. The second-order valence-corrected chi connectivity index (χ2v) is 4.93. The Labute approximate surface area is 135 Å². The molecule has 0 saturated heterocycles. The first-order valence-corrected chi connectivity index (χ1v) is 7.01. The SMILES string of the molecule is CCCNc1c(C#N)cnn1-c1ccc(OC(F)(F)F)cc1Cl. The van der Waals surface area contributed by atoms with E-state index in [1.54, 1.807) is 0 Å². The van der Waals surface area contributed by atoms with Crippen molar-refractivity contribution in [3.63, 3.8) is 0 Å². The fourth-order valence-corrected chi connectivity index (χ4v) is 2.13. The zero-order valence-corrected chi connectivity index (χ0v) is 12.7. The van der Waals surface area contributed by atoms with Crippen molar-refractivity contribution in [2.75, 3.05) is 11.9 Å². The number of nitrogens with zero attached hydrogens (tertiary/aromatic N) is 3. The molecule has 0 spiro atoms. The van der Waals surface area contributed by atoms with Gasteiger partial charge in [0.25, 0.3) is 0 Å². The number of benzene rings is 1. The lowest BCUT2D eigenvalue weighted by molar-refractivity contribution is -0.274. The molecule has 0 aliphatic rings. The Morgan fingerprint density at radius 2 is 2.17 bits per heavy atom. The second kappa shape index (κ2) is 6.79. The summed E-state index contributed by atoms with van der Waals surface area (Å²) < 4.78 is 41.8. The highest BCUT2D eigenvalue weighted by molar-refractivity contribution is 6.32. The first-order chi connectivity index (χ1) is 10.9. The van der Waals surface area contributed by atoms with Gasteiger partial charge in [-0.3, -0.25) is 0 Å². The van der Waals surface area contributed by atoms with Gasteiger partial charge in [-0.25, -0.2) is 4.68 Å². The quantitative estimate of drug-likeness (QED) is 0.886. The van der Waals surface area contributed by atoms with Gasteiger partial charge < -0.3 is 10.1 Å². The number of hydrogen-bond donors (Lipinski definition) is 1. The number of alkyl halides is 3. The van der Waals surface area contributed by atoms with Gasteiger partial charge in [-0.15, -0.1) is 13.2 Å². The number of nitriles is 1. The lowest BCUT2D eigenvalue weighted by atomic mass is 10.3. The van der Waals surface area contributed by atoms with Gasteiger partial charge >= 0.3 is 6.36 Å². The van der Waals surface area contributed by atoms with Gasteiger partial charge in [0.05, 0.1) is 16.9 Å². The Morgan fingerprint density at radius 1 is 1.43 bits per heavy atom. The first kappa shape index (κ1) is 17.0. The van der Waals surface area contributed by atoms with Gasteiger partial charge in [-0.2, -0.15) is 10.4 Å². The third kappa shape index (κ3) is 4.07. The van der Waals surface area contributed by atoms with E-state index in [-0.39, 0.29) is 5.02 Å². The Bertz CT molecular complexity index is 737. The maximum Gasteiger partial charge on any atom is 0.573 e. The molecule has 2 aromatic rings. The minimum atomic E-state index is -4.79. The van der Waals surface area contributed by atoms with E-state index in [2.05, 4.69) is 15.2 Å². The molecule has 23 heavy (non-hydrogen) atoms. The molecule has 0 aliphatic carbocycles. The van der Waals surface area contributed by atoms with Crippen molar-refractivity contribution in [2.45, 2.75) is 19.7 Å². The van der Waals surface area contributed by atoms with Gasteiger partial charge in [-0.05, 0) is 18.6 Å². The summed E-state index contributed by atoms with van der Waals surface area (Å²) in [6.07, 6.45) is -2.62. The maximum atomic E-state index is 12.2. The number of rotatable bonds is 5. The van der Waals surface area contributed by atoms with Crippen LogP contribution in [0.2, 0.25) is 5.02 Å². The molecular weight excluding hydrogens is 333 g/mol. The average Bonchev–Trinajstić information content (AvgIpc) is 2.86. The number of halogens is 4. The molecule has 9 heteroatoms. The van der Waals surface area contributed by atoms with Crippen LogP contribution in [0, 0.1) is 11.3 Å². The lowest BCUT2D eigenvalue weighted by Gasteiger charge is -2.13. The smallest absolute Gasteiger partial charge is 0.406 e. The van der Waals surface area contributed by atoms with Crippen LogP contribution in [0.1, 0.15) is 18.9 Å². The molecule has 0 unspecified atom stereocenters. The third-order valence-electron chi connectivity index (χ3n) is 2.81. The van der Waals surface area contributed by atoms with E-state index >= 15 is 0 Å². The topological polar surface area (TPSA) is 62.9 Å². The van der Waals surface area contributed by atoms with Gasteiger partial charge in [0.2, 0.25) is 0 Å². The van der Waals surface area contributed by atoms with Crippen LogP contribution in [0.15, 0.2) is 24.4 Å². The van der Waals surface area contributed by atoms with E-state index in [4.69, 9.17) is 16.9 Å². The molecule has 5 nitrogen and oxygen atoms in total. The molecule has 122 valence electrons.